The maximum absolute atomic E-state index is 13.2. The fourth-order valence-corrected chi connectivity index (χ4v) is 3.83. The van der Waals surface area contributed by atoms with Crippen LogP contribution in [-0.2, 0) is 16.8 Å². The van der Waals surface area contributed by atoms with Gasteiger partial charge in [-0.3, -0.25) is 4.79 Å². The van der Waals surface area contributed by atoms with Gasteiger partial charge in [0.1, 0.15) is 5.82 Å². The smallest absolute Gasteiger partial charge is 0.227 e. The molecule has 0 aliphatic heterocycles. The van der Waals surface area contributed by atoms with E-state index in [9.17, 15) is 9.18 Å². The Hall–Kier alpha value is -2.54. The van der Waals surface area contributed by atoms with Crippen molar-refractivity contribution >= 4 is 17.2 Å². The third-order valence-corrected chi connectivity index (χ3v) is 5.48. The lowest BCUT2D eigenvalue weighted by Crippen LogP contribution is -2.50. The molecule has 1 aliphatic carbocycles. The van der Waals surface area contributed by atoms with E-state index < -0.39 is 0 Å². The van der Waals surface area contributed by atoms with Crippen LogP contribution in [0, 0.1) is 5.82 Å². The van der Waals surface area contributed by atoms with Gasteiger partial charge in [0.05, 0.1) is 5.54 Å². The highest BCUT2D eigenvalue weighted by molar-refractivity contribution is 7.08. The number of rotatable bonds is 6. The summed E-state index contributed by atoms with van der Waals surface area (Å²) in [5, 5.41) is 11.0. The number of aryl methyl sites for hydroxylation is 1. The molecule has 1 saturated carbocycles. The van der Waals surface area contributed by atoms with Crippen LogP contribution in [0.5, 0.6) is 0 Å². The molecule has 1 fully saturated rings. The van der Waals surface area contributed by atoms with Crippen LogP contribution >= 0.6 is 11.3 Å². The van der Waals surface area contributed by atoms with E-state index in [1.165, 1.54) is 12.1 Å². The third kappa shape index (κ3) is 3.39. The number of hydrogen-bond donors (Lipinski definition) is 1. The van der Waals surface area contributed by atoms with E-state index in [4.69, 9.17) is 4.52 Å². The fraction of sp³-hybridized carbons (Fsp3) is 0.316. The highest BCUT2D eigenvalue weighted by Crippen LogP contribution is 2.41. The Morgan fingerprint density at radius 1 is 1.27 bits per heavy atom. The summed E-state index contributed by atoms with van der Waals surface area (Å²) < 4.78 is 18.4. The van der Waals surface area contributed by atoms with Crippen LogP contribution in [0.25, 0.3) is 11.4 Å². The zero-order valence-corrected chi connectivity index (χ0v) is 14.9. The van der Waals surface area contributed by atoms with Crippen LogP contribution in [0.3, 0.4) is 0 Å². The molecule has 1 amide bonds. The number of carbonyl (C=O) groups is 1. The first-order chi connectivity index (χ1) is 12.6. The van der Waals surface area contributed by atoms with Crippen LogP contribution in [-0.4, -0.2) is 16.0 Å². The number of benzene rings is 1. The van der Waals surface area contributed by atoms with E-state index in [0.717, 1.165) is 30.4 Å². The summed E-state index contributed by atoms with van der Waals surface area (Å²) in [4.78, 5) is 16.8. The lowest BCUT2D eigenvalue weighted by Gasteiger charge is -2.43. The van der Waals surface area contributed by atoms with Gasteiger partial charge in [-0.1, -0.05) is 17.3 Å². The highest BCUT2D eigenvalue weighted by Gasteiger charge is 2.39. The zero-order chi connectivity index (χ0) is 18.0. The van der Waals surface area contributed by atoms with Gasteiger partial charge >= 0.3 is 0 Å². The highest BCUT2D eigenvalue weighted by atomic mass is 32.1. The molecule has 0 bridgehead atoms. The summed E-state index contributed by atoms with van der Waals surface area (Å²) in [6, 6.07) is 8.30. The molecule has 7 heteroatoms. The Kier molecular flexibility index (Phi) is 4.55. The monoisotopic (exact) mass is 371 g/mol. The van der Waals surface area contributed by atoms with Crippen molar-refractivity contribution in [2.75, 3.05) is 0 Å². The number of carbonyl (C=O) groups excluding carboxylic acids is 1. The van der Waals surface area contributed by atoms with Crippen molar-refractivity contribution in [2.24, 2.45) is 0 Å². The number of hydrogen-bond acceptors (Lipinski definition) is 5. The van der Waals surface area contributed by atoms with Crippen molar-refractivity contribution in [2.45, 2.75) is 37.6 Å². The minimum absolute atomic E-state index is 0.0655. The van der Waals surface area contributed by atoms with Gasteiger partial charge in [-0.15, -0.1) is 0 Å². The van der Waals surface area contributed by atoms with Crippen LogP contribution in [0.2, 0.25) is 0 Å². The van der Waals surface area contributed by atoms with Crippen LogP contribution in [0.4, 0.5) is 4.39 Å². The van der Waals surface area contributed by atoms with E-state index in [1.807, 2.05) is 16.8 Å². The predicted molar refractivity (Wildman–Crippen MR) is 96.0 cm³/mol. The van der Waals surface area contributed by atoms with E-state index in [2.05, 4.69) is 15.5 Å². The number of thiophene rings is 1. The molecule has 0 radical (unpaired) electrons. The first-order valence-corrected chi connectivity index (χ1v) is 9.51. The SMILES string of the molecule is O=C(CCc1nc(-c2ccsc2)no1)NC1(c2ccc(F)cc2)CCC1. The summed E-state index contributed by atoms with van der Waals surface area (Å²) in [5.41, 5.74) is 1.50. The van der Waals surface area contributed by atoms with Gasteiger partial charge in [0.2, 0.25) is 17.6 Å². The summed E-state index contributed by atoms with van der Waals surface area (Å²) in [5.74, 6) is 0.658. The van der Waals surface area contributed by atoms with Crippen LogP contribution in [0.15, 0.2) is 45.6 Å². The minimum atomic E-state index is -0.374. The molecule has 0 atom stereocenters. The van der Waals surface area contributed by atoms with E-state index in [-0.39, 0.29) is 23.7 Å². The molecule has 1 aliphatic rings. The Balaban J connectivity index is 1.37. The molecular formula is C19H18FN3O2S. The van der Waals surface area contributed by atoms with Gasteiger partial charge in [-0.25, -0.2) is 4.39 Å². The number of nitrogens with zero attached hydrogens (tertiary/aromatic N) is 2. The molecule has 0 unspecified atom stereocenters. The van der Waals surface area contributed by atoms with Gasteiger partial charge in [-0.05, 0) is 48.4 Å². The maximum Gasteiger partial charge on any atom is 0.227 e. The summed E-state index contributed by atoms with van der Waals surface area (Å²) in [6.45, 7) is 0. The molecule has 26 heavy (non-hydrogen) atoms. The van der Waals surface area contributed by atoms with Crippen molar-refractivity contribution in [3.8, 4) is 11.4 Å². The molecule has 5 nitrogen and oxygen atoms in total. The standard InChI is InChI=1S/C19H18FN3O2S/c20-15-4-2-14(3-5-15)19(9-1-10-19)22-16(24)6-7-17-21-18(23-25-17)13-8-11-26-12-13/h2-5,8,11-12H,1,6-7,9-10H2,(H,22,24). The minimum Gasteiger partial charge on any atom is -0.347 e. The van der Waals surface area contributed by atoms with E-state index in [1.54, 1.807) is 23.5 Å². The van der Waals surface area contributed by atoms with Crippen molar-refractivity contribution in [1.82, 2.24) is 15.5 Å². The maximum atomic E-state index is 13.2. The van der Waals surface area contributed by atoms with Crippen molar-refractivity contribution in [1.29, 1.82) is 0 Å². The second-order valence-electron chi connectivity index (χ2n) is 6.51. The van der Waals surface area contributed by atoms with Gasteiger partial charge in [-0.2, -0.15) is 16.3 Å². The van der Waals surface area contributed by atoms with Gasteiger partial charge in [0.25, 0.3) is 0 Å². The molecular weight excluding hydrogens is 353 g/mol. The van der Waals surface area contributed by atoms with Crippen molar-refractivity contribution < 1.29 is 13.7 Å². The Morgan fingerprint density at radius 3 is 2.73 bits per heavy atom. The summed E-state index contributed by atoms with van der Waals surface area (Å²) in [7, 11) is 0. The summed E-state index contributed by atoms with van der Waals surface area (Å²) >= 11 is 1.57. The third-order valence-electron chi connectivity index (χ3n) is 4.80. The van der Waals surface area contributed by atoms with Crippen LogP contribution in [0.1, 0.15) is 37.1 Å². The average Bonchev–Trinajstić information content (AvgIpc) is 3.28. The number of halogens is 1. The normalized spacial score (nSPS) is 15.4. The number of amides is 1. The Bertz CT molecular complexity index is 886. The zero-order valence-electron chi connectivity index (χ0n) is 14.1. The van der Waals surface area contributed by atoms with Gasteiger partial charge in [0, 0.05) is 23.8 Å². The predicted octanol–water partition coefficient (Wildman–Crippen LogP) is 4.07. The van der Waals surface area contributed by atoms with Crippen molar-refractivity contribution in [3.05, 3.63) is 58.4 Å². The largest absolute Gasteiger partial charge is 0.347 e. The Morgan fingerprint density at radius 2 is 2.08 bits per heavy atom. The first kappa shape index (κ1) is 16.9. The van der Waals surface area contributed by atoms with E-state index in [0.29, 0.717) is 18.1 Å². The van der Waals surface area contributed by atoms with Crippen LogP contribution < -0.4 is 5.32 Å². The average molecular weight is 371 g/mol. The topological polar surface area (TPSA) is 68.0 Å². The van der Waals surface area contributed by atoms with Gasteiger partial charge < -0.3 is 9.84 Å². The molecule has 4 rings (SSSR count). The molecule has 0 spiro atoms. The number of nitrogens with one attached hydrogen (secondary N) is 1. The van der Waals surface area contributed by atoms with Crippen molar-refractivity contribution in [3.63, 3.8) is 0 Å². The van der Waals surface area contributed by atoms with Gasteiger partial charge in [0.15, 0.2) is 0 Å². The summed E-state index contributed by atoms with van der Waals surface area (Å²) in [6.07, 6.45) is 3.45. The fourth-order valence-electron chi connectivity index (χ4n) is 3.20. The Labute approximate surface area is 154 Å². The van der Waals surface area contributed by atoms with E-state index >= 15 is 0 Å². The molecule has 0 saturated heterocycles. The molecule has 134 valence electrons. The lowest BCUT2D eigenvalue weighted by molar-refractivity contribution is -0.124. The molecule has 1 aromatic carbocycles. The molecule has 2 heterocycles. The first-order valence-electron chi connectivity index (χ1n) is 8.57. The lowest BCUT2D eigenvalue weighted by atomic mass is 9.71. The quantitative estimate of drug-likeness (QED) is 0.709. The molecule has 2 aromatic heterocycles. The number of aromatic nitrogens is 2. The molecule has 3 aromatic rings. The molecule has 1 N–H and O–H groups in total. The second kappa shape index (κ2) is 6.99. The second-order valence-corrected chi connectivity index (χ2v) is 7.29.